The Hall–Kier alpha value is -4.18. The SMILES string of the molecule is NC(=O)c1ncc(N2CCC[C@@H](CC(=O)c3ccc(C4CC4)cc3F)C2)nc1Nc1cc(-c2ccccc2)ns1. The van der Waals surface area contributed by atoms with Crippen molar-refractivity contribution in [3.8, 4) is 11.3 Å². The monoisotopic (exact) mass is 556 g/mol. The minimum atomic E-state index is -0.689. The van der Waals surface area contributed by atoms with Crippen LogP contribution in [0.15, 0.2) is 60.8 Å². The fourth-order valence-electron chi connectivity index (χ4n) is 5.24. The van der Waals surface area contributed by atoms with Gasteiger partial charge in [-0.1, -0.05) is 36.4 Å². The number of hydrogen-bond donors (Lipinski definition) is 2. The highest BCUT2D eigenvalue weighted by Crippen LogP contribution is 2.40. The van der Waals surface area contributed by atoms with E-state index in [4.69, 9.17) is 10.7 Å². The molecule has 1 atom stereocenters. The summed E-state index contributed by atoms with van der Waals surface area (Å²) in [6, 6.07) is 16.7. The van der Waals surface area contributed by atoms with Crippen LogP contribution in [0, 0.1) is 11.7 Å². The number of aromatic nitrogens is 3. The molecule has 1 saturated carbocycles. The number of amides is 1. The molecule has 8 nitrogen and oxygen atoms in total. The number of carbonyl (C=O) groups excluding carboxylic acids is 2. The number of nitrogens with two attached hydrogens (primary N) is 1. The predicted molar refractivity (Wildman–Crippen MR) is 154 cm³/mol. The second-order valence-corrected chi connectivity index (χ2v) is 11.3. The van der Waals surface area contributed by atoms with Crippen molar-refractivity contribution in [2.24, 2.45) is 11.7 Å². The van der Waals surface area contributed by atoms with E-state index in [2.05, 4.69) is 19.6 Å². The van der Waals surface area contributed by atoms with Gasteiger partial charge < -0.3 is 16.0 Å². The predicted octanol–water partition coefficient (Wildman–Crippen LogP) is 5.95. The summed E-state index contributed by atoms with van der Waals surface area (Å²) in [5, 5.41) is 3.87. The van der Waals surface area contributed by atoms with Crippen LogP contribution in [0.1, 0.15) is 64.4 Å². The van der Waals surface area contributed by atoms with Crippen LogP contribution >= 0.6 is 11.5 Å². The van der Waals surface area contributed by atoms with E-state index in [0.29, 0.717) is 23.3 Å². The molecule has 1 aliphatic heterocycles. The third-order valence-electron chi connectivity index (χ3n) is 7.47. The highest BCUT2D eigenvalue weighted by molar-refractivity contribution is 7.10. The summed E-state index contributed by atoms with van der Waals surface area (Å²) in [6.45, 7) is 1.31. The van der Waals surface area contributed by atoms with Gasteiger partial charge in [0.15, 0.2) is 17.3 Å². The van der Waals surface area contributed by atoms with Crippen LogP contribution in [-0.4, -0.2) is 39.1 Å². The Kier molecular flexibility index (Phi) is 7.25. The molecule has 6 rings (SSSR count). The Bertz CT molecular complexity index is 1560. The first-order valence-corrected chi connectivity index (χ1v) is 14.3. The smallest absolute Gasteiger partial charge is 0.271 e. The molecule has 2 aromatic heterocycles. The van der Waals surface area contributed by atoms with E-state index in [1.165, 1.54) is 23.8 Å². The van der Waals surface area contributed by atoms with Crippen molar-refractivity contribution in [3.05, 3.63) is 83.4 Å². The van der Waals surface area contributed by atoms with Crippen LogP contribution in [0.3, 0.4) is 0 Å². The minimum absolute atomic E-state index is 0.0345. The lowest BCUT2D eigenvalue weighted by atomic mass is 9.90. The second kappa shape index (κ2) is 11.1. The number of anilines is 3. The van der Waals surface area contributed by atoms with Gasteiger partial charge in [-0.2, -0.15) is 4.37 Å². The average molecular weight is 557 g/mol. The normalized spacial score (nSPS) is 17.0. The van der Waals surface area contributed by atoms with Crippen LogP contribution in [-0.2, 0) is 0 Å². The summed E-state index contributed by atoms with van der Waals surface area (Å²) in [4.78, 5) is 36.2. The molecule has 3 heterocycles. The van der Waals surface area contributed by atoms with Crippen molar-refractivity contribution in [1.82, 2.24) is 14.3 Å². The van der Waals surface area contributed by atoms with Gasteiger partial charge in [0, 0.05) is 31.1 Å². The molecule has 204 valence electrons. The standard InChI is InChI=1S/C30H29FN6O2S/c31-23-14-21(19-8-9-19)10-11-22(23)25(38)13-18-5-4-12-37(17-18)26-16-33-28(29(32)39)30(34-26)35-27-15-24(36-40-27)20-6-2-1-3-7-20/h1-3,6-7,10-11,14-16,18-19H,4-5,8-9,12-13,17H2,(H2,32,39)(H,34,35)/t18-/m0/s1. The van der Waals surface area contributed by atoms with Gasteiger partial charge in [0.05, 0.1) is 17.5 Å². The van der Waals surface area contributed by atoms with Gasteiger partial charge in [-0.3, -0.25) is 9.59 Å². The van der Waals surface area contributed by atoms with E-state index in [9.17, 15) is 14.0 Å². The van der Waals surface area contributed by atoms with Crippen LogP contribution in [0.4, 0.5) is 21.0 Å². The Morgan fingerprint density at radius 2 is 1.93 bits per heavy atom. The number of primary amides is 1. The van der Waals surface area contributed by atoms with Gasteiger partial charge in [-0.15, -0.1) is 0 Å². The topological polar surface area (TPSA) is 114 Å². The molecule has 3 N–H and O–H groups in total. The molecule has 0 unspecified atom stereocenters. The summed E-state index contributed by atoms with van der Waals surface area (Å²) in [6.07, 6.45) is 5.70. The average Bonchev–Trinajstić information content (AvgIpc) is 3.71. The lowest BCUT2D eigenvalue weighted by Gasteiger charge is -2.33. The van der Waals surface area contributed by atoms with E-state index in [0.717, 1.165) is 49.0 Å². The van der Waals surface area contributed by atoms with Gasteiger partial charge >= 0.3 is 0 Å². The number of Topliss-reactive ketones (excluding diaryl/α,β-unsaturated/α-hetero) is 1. The zero-order valence-corrected chi connectivity index (χ0v) is 22.7. The molecule has 1 aliphatic carbocycles. The first kappa shape index (κ1) is 26.1. The minimum Gasteiger partial charge on any atom is -0.364 e. The molecule has 0 spiro atoms. The first-order valence-electron chi connectivity index (χ1n) is 13.5. The summed E-state index contributed by atoms with van der Waals surface area (Å²) in [5.74, 6) is 0.0300. The van der Waals surface area contributed by atoms with Gasteiger partial charge in [-0.25, -0.2) is 14.4 Å². The van der Waals surface area contributed by atoms with Crippen LogP contribution < -0.4 is 16.0 Å². The van der Waals surface area contributed by atoms with E-state index in [1.807, 2.05) is 42.5 Å². The number of carbonyl (C=O) groups is 2. The molecule has 1 amide bonds. The summed E-state index contributed by atoms with van der Waals surface area (Å²) in [5.41, 5.74) is 8.56. The largest absolute Gasteiger partial charge is 0.364 e. The van der Waals surface area contributed by atoms with Crippen LogP contribution in [0.25, 0.3) is 11.3 Å². The molecule has 1 saturated heterocycles. The van der Waals surface area contributed by atoms with Crippen molar-refractivity contribution in [2.45, 2.75) is 38.0 Å². The maximum Gasteiger partial charge on any atom is 0.271 e. The quantitative estimate of drug-likeness (QED) is 0.245. The third-order valence-corrected chi connectivity index (χ3v) is 8.18. The van der Waals surface area contributed by atoms with E-state index < -0.39 is 11.7 Å². The van der Waals surface area contributed by atoms with E-state index >= 15 is 0 Å². The maximum absolute atomic E-state index is 14.7. The fourth-order valence-corrected chi connectivity index (χ4v) is 5.90. The number of piperidine rings is 1. The summed E-state index contributed by atoms with van der Waals surface area (Å²) in [7, 11) is 0. The number of hydrogen-bond acceptors (Lipinski definition) is 8. The zero-order chi connectivity index (χ0) is 27.6. The van der Waals surface area contributed by atoms with Crippen LogP contribution in [0.2, 0.25) is 0 Å². The van der Waals surface area contributed by atoms with Gasteiger partial charge in [0.25, 0.3) is 5.91 Å². The molecular weight excluding hydrogens is 527 g/mol. The number of nitrogens with one attached hydrogen (secondary N) is 1. The Balaban J connectivity index is 1.16. The summed E-state index contributed by atoms with van der Waals surface area (Å²) >= 11 is 1.25. The van der Waals surface area contributed by atoms with Gasteiger partial charge in [-0.05, 0) is 66.7 Å². The molecule has 40 heavy (non-hydrogen) atoms. The number of nitrogens with zero attached hydrogens (tertiary/aromatic N) is 4. The van der Waals surface area contributed by atoms with Crippen molar-refractivity contribution >= 4 is 39.9 Å². The third kappa shape index (κ3) is 5.72. The first-order chi connectivity index (χ1) is 19.4. The van der Waals surface area contributed by atoms with Crippen LogP contribution in [0.5, 0.6) is 0 Å². The number of ketones is 1. The number of rotatable bonds is 9. The second-order valence-electron chi connectivity index (χ2n) is 10.5. The van der Waals surface area contributed by atoms with Gasteiger partial charge in [0.1, 0.15) is 16.6 Å². The van der Waals surface area contributed by atoms with Crippen molar-refractivity contribution in [1.29, 1.82) is 0 Å². The van der Waals surface area contributed by atoms with E-state index in [1.54, 1.807) is 6.07 Å². The Morgan fingerprint density at radius 1 is 1.10 bits per heavy atom. The molecule has 2 aliphatic rings. The molecule has 0 radical (unpaired) electrons. The Labute approximate surface area is 235 Å². The lowest BCUT2D eigenvalue weighted by Crippen LogP contribution is -2.37. The van der Waals surface area contributed by atoms with Crippen molar-refractivity contribution in [3.63, 3.8) is 0 Å². The fraction of sp³-hybridized carbons (Fsp3) is 0.300. The number of benzene rings is 2. The highest BCUT2D eigenvalue weighted by Gasteiger charge is 2.28. The Morgan fingerprint density at radius 3 is 2.67 bits per heavy atom. The van der Waals surface area contributed by atoms with Gasteiger partial charge in [0.2, 0.25) is 0 Å². The lowest BCUT2D eigenvalue weighted by molar-refractivity contribution is 0.0951. The molecule has 0 bridgehead atoms. The number of halogens is 1. The highest BCUT2D eigenvalue weighted by atomic mass is 32.1. The molecule has 10 heteroatoms. The molecule has 4 aromatic rings. The summed E-state index contributed by atoms with van der Waals surface area (Å²) < 4.78 is 19.2. The molecule has 2 fully saturated rings. The van der Waals surface area contributed by atoms with Crippen molar-refractivity contribution < 1.29 is 14.0 Å². The van der Waals surface area contributed by atoms with E-state index in [-0.39, 0.29) is 35.2 Å². The molecular formula is C30H29FN6O2S. The van der Waals surface area contributed by atoms with Crippen molar-refractivity contribution in [2.75, 3.05) is 23.3 Å². The zero-order valence-electron chi connectivity index (χ0n) is 21.8. The molecule has 2 aromatic carbocycles. The maximum atomic E-state index is 14.7.